The van der Waals surface area contributed by atoms with Gasteiger partial charge in [-0.15, -0.1) is 0 Å². The number of hydrogen-bond acceptors (Lipinski definition) is 0. The summed E-state index contributed by atoms with van der Waals surface area (Å²) >= 11 is 0. The lowest BCUT2D eigenvalue weighted by molar-refractivity contribution is -0.00282. The zero-order valence-electron chi connectivity index (χ0n) is 3.79. The normalized spacial score (nSPS) is 7.20. The van der Waals surface area contributed by atoms with Crippen LogP contribution in [0.5, 0.6) is 0 Å². The Balaban J connectivity index is 0. The molecule has 0 aromatic rings. The van der Waals surface area contributed by atoms with Crippen LogP contribution in [0, 0.1) is 0 Å². The molecule has 5 heavy (non-hydrogen) atoms. The van der Waals surface area contributed by atoms with E-state index in [1.54, 1.807) is 0 Å². The van der Waals surface area contributed by atoms with Crippen molar-refractivity contribution >= 4 is 0 Å². The molecule has 0 saturated heterocycles. The number of rotatable bonds is 0. The summed E-state index contributed by atoms with van der Waals surface area (Å²) in [6.07, 6.45) is 0. The molecule has 34 valence electrons. The van der Waals surface area contributed by atoms with Gasteiger partial charge in [-0.2, -0.15) is 0 Å². The van der Waals surface area contributed by atoms with Crippen LogP contribution in [0.15, 0.2) is 0 Å². The molecule has 0 atom stereocenters. The lowest BCUT2D eigenvalue weighted by Gasteiger charge is -1.90. The summed E-state index contributed by atoms with van der Waals surface area (Å²) in [6, 6.07) is 0. The summed E-state index contributed by atoms with van der Waals surface area (Å²) < 4.78 is 2.58. The predicted octanol–water partition coefficient (Wildman–Crippen LogP) is -2.57. The molecule has 0 spiro atoms. The van der Waals surface area contributed by atoms with Gasteiger partial charge in [0.1, 0.15) is 21.3 Å². The van der Waals surface area contributed by atoms with Crippen LogP contribution in [-0.2, 0) is 4.37 Å². The van der Waals surface area contributed by atoms with Gasteiger partial charge in [0.15, 0.2) is 0 Å². The summed E-state index contributed by atoms with van der Waals surface area (Å²) in [6.45, 7) is 0. The minimum absolute atomic E-state index is 0. The third-order valence-corrected chi connectivity index (χ3v) is 0. The standard InChI is InChI=1S/C3H9O.HI/c1-4(2)3;/h1-3H3;1H/q+1;/p-1. The molecule has 0 aliphatic heterocycles. The SMILES string of the molecule is C[O+](C)C.[I-]. The molecule has 0 aliphatic rings. The van der Waals surface area contributed by atoms with Gasteiger partial charge in [0.05, 0.1) is 0 Å². The minimum atomic E-state index is 0. The second kappa shape index (κ2) is 4.69. The van der Waals surface area contributed by atoms with Gasteiger partial charge in [0.25, 0.3) is 0 Å². The lowest BCUT2D eigenvalue weighted by Crippen LogP contribution is -3.00. The summed E-state index contributed by atoms with van der Waals surface area (Å²) in [7, 11) is 5.75. The van der Waals surface area contributed by atoms with E-state index in [4.69, 9.17) is 0 Å². The van der Waals surface area contributed by atoms with Gasteiger partial charge in [-0.05, 0) is 0 Å². The molecule has 0 aromatic carbocycles. The van der Waals surface area contributed by atoms with Crippen LogP contribution in [0.1, 0.15) is 0 Å². The number of halogens is 1. The Morgan fingerprint density at radius 2 is 1.00 bits per heavy atom. The highest BCUT2D eigenvalue weighted by Gasteiger charge is 1.61. The third-order valence-electron chi connectivity index (χ3n) is 0. The highest BCUT2D eigenvalue weighted by atomic mass is 127. The van der Waals surface area contributed by atoms with Crippen LogP contribution in [0.2, 0.25) is 0 Å². The van der Waals surface area contributed by atoms with Gasteiger partial charge >= 0.3 is 0 Å². The van der Waals surface area contributed by atoms with Crippen molar-refractivity contribution in [3.8, 4) is 0 Å². The van der Waals surface area contributed by atoms with Crippen LogP contribution in [0.25, 0.3) is 0 Å². The van der Waals surface area contributed by atoms with E-state index in [9.17, 15) is 0 Å². The molecule has 0 fully saturated rings. The van der Waals surface area contributed by atoms with Crippen LogP contribution >= 0.6 is 0 Å². The molecular formula is C3H9IO. The predicted molar refractivity (Wildman–Crippen MR) is 18.9 cm³/mol. The van der Waals surface area contributed by atoms with Gasteiger partial charge in [0.2, 0.25) is 0 Å². The van der Waals surface area contributed by atoms with Gasteiger partial charge in [-0.25, -0.2) is 0 Å². The largest absolute Gasteiger partial charge is 1.00 e. The Labute approximate surface area is 50.0 Å². The van der Waals surface area contributed by atoms with E-state index in [0.29, 0.717) is 0 Å². The van der Waals surface area contributed by atoms with E-state index in [1.165, 1.54) is 0 Å². The van der Waals surface area contributed by atoms with Crippen molar-refractivity contribution < 1.29 is 28.3 Å². The van der Waals surface area contributed by atoms with Crippen molar-refractivity contribution in [2.24, 2.45) is 0 Å². The second-order valence-electron chi connectivity index (χ2n) is 1.22. The maximum Gasteiger partial charge on any atom is 0.135 e. The zero-order valence-corrected chi connectivity index (χ0v) is 5.94. The minimum Gasteiger partial charge on any atom is -1.00 e. The molecule has 0 aromatic heterocycles. The van der Waals surface area contributed by atoms with Crippen molar-refractivity contribution in [2.75, 3.05) is 21.3 Å². The molecule has 0 radical (unpaired) electrons. The molecular weight excluding hydrogens is 179 g/mol. The summed E-state index contributed by atoms with van der Waals surface area (Å²) in [5, 5.41) is 0. The molecule has 0 heterocycles. The Bertz CT molecular complexity index is 11.6. The van der Waals surface area contributed by atoms with Gasteiger partial charge < -0.3 is 28.3 Å². The van der Waals surface area contributed by atoms with Gasteiger partial charge in [0, 0.05) is 0 Å². The van der Waals surface area contributed by atoms with Crippen molar-refractivity contribution in [3.05, 3.63) is 0 Å². The van der Waals surface area contributed by atoms with Crippen molar-refractivity contribution in [1.82, 2.24) is 0 Å². The Kier molecular flexibility index (Phi) is 8.62. The van der Waals surface area contributed by atoms with E-state index >= 15 is 0 Å². The van der Waals surface area contributed by atoms with Crippen LogP contribution in [-0.4, -0.2) is 21.3 Å². The van der Waals surface area contributed by atoms with Crippen molar-refractivity contribution in [3.63, 3.8) is 0 Å². The average molecular weight is 188 g/mol. The molecule has 0 saturated carbocycles. The molecule has 0 rings (SSSR count). The molecule has 0 unspecified atom stereocenters. The fourth-order valence-corrected chi connectivity index (χ4v) is 0. The Morgan fingerprint density at radius 3 is 1.00 bits per heavy atom. The average Bonchev–Trinajstić information content (AvgIpc) is 0.811. The van der Waals surface area contributed by atoms with E-state index in [-0.39, 0.29) is 24.0 Å². The Hall–Kier alpha value is 0.690. The maximum absolute atomic E-state index is 2.58. The zero-order chi connectivity index (χ0) is 3.58. The van der Waals surface area contributed by atoms with E-state index in [1.807, 2.05) is 21.3 Å². The smallest absolute Gasteiger partial charge is 0.135 e. The molecule has 0 N–H and O–H groups in total. The summed E-state index contributed by atoms with van der Waals surface area (Å²) in [5.74, 6) is 0. The fraction of sp³-hybridized carbons (Fsp3) is 1.00. The second-order valence-corrected chi connectivity index (χ2v) is 1.22. The van der Waals surface area contributed by atoms with Crippen LogP contribution in [0.3, 0.4) is 0 Å². The summed E-state index contributed by atoms with van der Waals surface area (Å²) in [5.41, 5.74) is 0. The Morgan fingerprint density at radius 1 is 1.00 bits per heavy atom. The maximum atomic E-state index is 2.58. The van der Waals surface area contributed by atoms with E-state index in [2.05, 4.69) is 4.37 Å². The van der Waals surface area contributed by atoms with Crippen LogP contribution < -0.4 is 24.0 Å². The first kappa shape index (κ1) is 9.19. The van der Waals surface area contributed by atoms with Gasteiger partial charge in [-0.3, -0.25) is 0 Å². The molecule has 0 aliphatic carbocycles. The van der Waals surface area contributed by atoms with Crippen LogP contribution in [0.4, 0.5) is 0 Å². The first-order chi connectivity index (χ1) is 1.73. The lowest BCUT2D eigenvalue weighted by atomic mass is 11.4. The fourth-order valence-electron chi connectivity index (χ4n) is 0. The third kappa shape index (κ3) is 71.3. The van der Waals surface area contributed by atoms with Gasteiger partial charge in [-0.1, -0.05) is 0 Å². The highest BCUT2D eigenvalue weighted by Crippen LogP contribution is 1.60. The first-order valence-corrected chi connectivity index (χ1v) is 1.22. The van der Waals surface area contributed by atoms with E-state index in [0.717, 1.165) is 0 Å². The molecule has 0 amide bonds. The van der Waals surface area contributed by atoms with Crippen molar-refractivity contribution in [1.29, 1.82) is 0 Å². The first-order valence-electron chi connectivity index (χ1n) is 1.22. The topological polar surface area (TPSA) is 2.70 Å². The highest BCUT2D eigenvalue weighted by molar-refractivity contribution is 3.84. The molecule has 2 heteroatoms. The molecule has 1 nitrogen and oxygen atoms in total. The summed E-state index contributed by atoms with van der Waals surface area (Å²) in [4.78, 5) is 0. The monoisotopic (exact) mass is 188 g/mol. The quantitative estimate of drug-likeness (QED) is 0.290. The van der Waals surface area contributed by atoms with Crippen molar-refractivity contribution in [2.45, 2.75) is 0 Å². The van der Waals surface area contributed by atoms with E-state index < -0.39 is 0 Å². The molecule has 0 bridgehead atoms. The number of hydrogen-bond donors (Lipinski definition) is 0.